The highest BCUT2D eigenvalue weighted by Crippen LogP contribution is 2.39. The molecule has 0 radical (unpaired) electrons. The van der Waals surface area contributed by atoms with Crippen molar-refractivity contribution in [3.8, 4) is 6.07 Å². The van der Waals surface area contributed by atoms with Crippen molar-refractivity contribution in [2.45, 2.75) is 36.8 Å². The van der Waals surface area contributed by atoms with Crippen molar-refractivity contribution in [2.75, 3.05) is 17.2 Å². The van der Waals surface area contributed by atoms with Crippen LogP contribution in [0.1, 0.15) is 42.0 Å². The number of nitriles is 1. The van der Waals surface area contributed by atoms with Crippen LogP contribution in [0, 0.1) is 11.3 Å². The number of aliphatic hydroxyl groups is 1. The van der Waals surface area contributed by atoms with Gasteiger partial charge in [0.15, 0.2) is 0 Å². The minimum absolute atomic E-state index is 0.0114. The molecular weight excluding hydrogens is 535 g/mol. The summed E-state index contributed by atoms with van der Waals surface area (Å²) in [6.07, 6.45) is 10.0. The van der Waals surface area contributed by atoms with Gasteiger partial charge in [-0.3, -0.25) is 15.0 Å². The molecule has 0 spiro atoms. The summed E-state index contributed by atoms with van der Waals surface area (Å²) in [7, 11) is 2.09. The smallest absolute Gasteiger partial charge is 0.148 e. The van der Waals surface area contributed by atoms with Gasteiger partial charge < -0.3 is 21.2 Å². The molecule has 1 fully saturated rings. The van der Waals surface area contributed by atoms with E-state index < -0.39 is 5.44 Å². The summed E-state index contributed by atoms with van der Waals surface area (Å²) in [5, 5.41) is 30.3. The van der Waals surface area contributed by atoms with Gasteiger partial charge in [0.05, 0.1) is 39.0 Å². The van der Waals surface area contributed by atoms with Crippen molar-refractivity contribution in [1.82, 2.24) is 25.9 Å². The number of nitrogens with one attached hydrogen (secondary N) is 4. The molecule has 0 saturated heterocycles. The van der Waals surface area contributed by atoms with Gasteiger partial charge in [0.25, 0.3) is 0 Å². The highest BCUT2D eigenvalue weighted by Gasteiger charge is 2.38. The van der Waals surface area contributed by atoms with Gasteiger partial charge >= 0.3 is 0 Å². The lowest BCUT2D eigenvalue weighted by Crippen LogP contribution is -2.45. The van der Waals surface area contributed by atoms with E-state index in [1.54, 1.807) is 6.20 Å². The molecule has 4 aromatic rings. The van der Waals surface area contributed by atoms with Crippen LogP contribution in [-0.2, 0) is 5.44 Å². The molecule has 1 aliphatic carbocycles. The lowest BCUT2D eigenvalue weighted by molar-refractivity contribution is 0.260. The van der Waals surface area contributed by atoms with E-state index in [0.717, 1.165) is 35.4 Å². The monoisotopic (exact) mass is 564 g/mol. The van der Waals surface area contributed by atoms with Crippen molar-refractivity contribution in [3.05, 3.63) is 107 Å². The molecule has 9 nitrogen and oxygen atoms in total. The third-order valence-electron chi connectivity index (χ3n) is 7.68. The summed E-state index contributed by atoms with van der Waals surface area (Å²) in [4.78, 5) is 8.91. The fourth-order valence-corrected chi connectivity index (χ4v) is 5.53. The normalized spacial score (nSPS) is 16.8. The van der Waals surface area contributed by atoms with E-state index in [-0.39, 0.29) is 12.6 Å². The maximum Gasteiger partial charge on any atom is 0.148 e. The molecule has 0 bridgehead atoms. The highest BCUT2D eigenvalue weighted by atomic mass is 35.5. The molecule has 5 N–H and O–H groups in total. The van der Waals surface area contributed by atoms with Crippen molar-refractivity contribution >= 4 is 41.7 Å². The third kappa shape index (κ3) is 5.40. The topological polar surface area (TPSA) is 121 Å². The number of hydrazine groups is 2. The molecule has 11 heteroatoms. The SMILES string of the molecule is BC(Nc1cc(Cl)c2ncc(C#N)c(N[C@H](CCO)c3ccccc3)c2c1)(C1=CN(C2CC2)NN1)c1cccnc1. The van der Waals surface area contributed by atoms with Gasteiger partial charge in [-0.05, 0) is 48.6 Å². The number of anilines is 2. The Morgan fingerprint density at radius 1 is 1.20 bits per heavy atom. The second-order valence-electron chi connectivity index (χ2n) is 10.5. The first-order valence-corrected chi connectivity index (χ1v) is 14.0. The van der Waals surface area contributed by atoms with Gasteiger partial charge in [0, 0.05) is 48.5 Å². The molecule has 1 saturated carbocycles. The van der Waals surface area contributed by atoms with Crippen molar-refractivity contribution in [1.29, 1.82) is 5.26 Å². The quantitative estimate of drug-likeness (QED) is 0.183. The molecule has 1 unspecified atom stereocenters. The second-order valence-corrected chi connectivity index (χ2v) is 10.9. The van der Waals surface area contributed by atoms with Gasteiger partial charge in [-0.15, -0.1) is 5.53 Å². The second kappa shape index (κ2) is 11.3. The number of benzene rings is 2. The molecule has 2 aromatic carbocycles. The zero-order chi connectivity index (χ0) is 28.4. The Morgan fingerprint density at radius 3 is 2.73 bits per heavy atom. The third-order valence-corrected chi connectivity index (χ3v) is 7.97. The Kier molecular flexibility index (Phi) is 7.41. The number of hydrogen-bond acceptors (Lipinski definition) is 9. The average Bonchev–Trinajstić information content (AvgIpc) is 3.73. The van der Waals surface area contributed by atoms with Crippen molar-refractivity contribution < 1.29 is 5.11 Å². The summed E-state index contributed by atoms with van der Waals surface area (Å²) >= 11 is 6.84. The molecule has 6 rings (SSSR count). The van der Waals surface area contributed by atoms with Crippen LogP contribution < -0.4 is 21.6 Å². The van der Waals surface area contributed by atoms with E-state index in [2.05, 4.69) is 56.7 Å². The van der Waals surface area contributed by atoms with E-state index >= 15 is 0 Å². The number of halogens is 1. The van der Waals surface area contributed by atoms with Crippen molar-refractivity contribution in [3.63, 3.8) is 0 Å². The lowest BCUT2D eigenvalue weighted by atomic mass is 9.70. The van der Waals surface area contributed by atoms with Crippen LogP contribution in [0.5, 0.6) is 0 Å². The zero-order valence-electron chi connectivity index (χ0n) is 22.6. The zero-order valence-corrected chi connectivity index (χ0v) is 23.4. The Labute approximate surface area is 244 Å². The van der Waals surface area contributed by atoms with Crippen LogP contribution in [0.2, 0.25) is 5.02 Å². The van der Waals surface area contributed by atoms with Crippen LogP contribution in [0.4, 0.5) is 11.4 Å². The van der Waals surface area contributed by atoms with Crippen LogP contribution in [0.15, 0.2) is 85.1 Å². The van der Waals surface area contributed by atoms with E-state index in [0.29, 0.717) is 39.6 Å². The molecule has 1 aliphatic heterocycles. The van der Waals surface area contributed by atoms with Gasteiger partial charge in [-0.1, -0.05) is 48.0 Å². The fourth-order valence-electron chi connectivity index (χ4n) is 5.26. The highest BCUT2D eigenvalue weighted by molar-refractivity contribution is 6.36. The molecule has 0 amide bonds. The van der Waals surface area contributed by atoms with Gasteiger partial charge in [-0.25, -0.2) is 0 Å². The minimum atomic E-state index is -0.695. The molecule has 206 valence electrons. The standard InChI is InChI=1S/C30H30BClN8O/c31-30(21-7-4-11-34-17-21,27-18-40(39-38-27)23-8-9-23)37-22-13-24-28(20(15-33)16-35-29(24)25(32)14-22)36-26(10-12-41)19-5-2-1-3-6-19/h1-7,11,13-14,16-18,23,26,37-39,41H,8-10,12,31H2,(H,35,36)/t26-,30?/m1/s1. The molecule has 2 aliphatic rings. The maximum absolute atomic E-state index is 10.0. The number of fused-ring (bicyclic) bond motifs is 1. The average molecular weight is 565 g/mol. The summed E-state index contributed by atoms with van der Waals surface area (Å²) in [6, 6.07) is 20.2. The van der Waals surface area contributed by atoms with E-state index in [4.69, 9.17) is 11.6 Å². The summed E-state index contributed by atoms with van der Waals surface area (Å²) in [6.45, 7) is -0.0114. The number of rotatable bonds is 10. The Morgan fingerprint density at radius 2 is 2.02 bits per heavy atom. The molecule has 2 aromatic heterocycles. The van der Waals surface area contributed by atoms with Crippen LogP contribution in [-0.4, -0.2) is 40.6 Å². The van der Waals surface area contributed by atoms with Crippen LogP contribution >= 0.6 is 11.6 Å². The predicted molar refractivity (Wildman–Crippen MR) is 163 cm³/mol. The first-order chi connectivity index (χ1) is 20.0. The van der Waals surface area contributed by atoms with E-state index in [1.807, 2.05) is 60.8 Å². The summed E-state index contributed by atoms with van der Waals surface area (Å²) in [5.74, 6) is 0. The Hall–Kier alpha value is -4.30. The van der Waals surface area contributed by atoms with Crippen LogP contribution in [0.3, 0.4) is 0 Å². The number of aliphatic hydroxyl groups excluding tert-OH is 1. The number of aromatic nitrogens is 2. The first kappa shape index (κ1) is 26.9. The molecule has 2 atom stereocenters. The maximum atomic E-state index is 10.0. The van der Waals surface area contributed by atoms with Crippen molar-refractivity contribution in [2.24, 2.45) is 0 Å². The fraction of sp³-hybridized carbons (Fsp3) is 0.233. The Bertz CT molecular complexity index is 1630. The first-order valence-electron chi connectivity index (χ1n) is 13.7. The lowest BCUT2D eigenvalue weighted by Gasteiger charge is -2.33. The molecular formula is C30H30BClN8O. The van der Waals surface area contributed by atoms with E-state index in [1.165, 1.54) is 6.20 Å². The summed E-state index contributed by atoms with van der Waals surface area (Å²) < 4.78 is 0. The van der Waals surface area contributed by atoms with Gasteiger partial charge in [-0.2, -0.15) is 5.26 Å². The van der Waals surface area contributed by atoms with Gasteiger partial charge in [0.1, 0.15) is 13.9 Å². The molecule has 41 heavy (non-hydrogen) atoms. The number of hydrogen-bond donors (Lipinski definition) is 5. The van der Waals surface area contributed by atoms with Crippen LogP contribution in [0.25, 0.3) is 10.9 Å². The summed E-state index contributed by atoms with van der Waals surface area (Å²) in [5.41, 5.74) is 11.2. The number of pyridine rings is 2. The van der Waals surface area contributed by atoms with Gasteiger partial charge in [0.2, 0.25) is 0 Å². The molecule has 3 heterocycles. The Balaban J connectivity index is 1.44. The number of nitrogens with zero attached hydrogens (tertiary/aromatic N) is 4. The minimum Gasteiger partial charge on any atom is -0.396 e. The van der Waals surface area contributed by atoms with E-state index in [9.17, 15) is 10.4 Å². The largest absolute Gasteiger partial charge is 0.396 e. The predicted octanol–water partition coefficient (Wildman–Crippen LogP) is 3.92.